The molecule has 43 heavy (non-hydrogen) atoms. The number of nitrogen functional groups attached to an aromatic ring is 1. The molecule has 7 atom stereocenters. The molecule has 3 aliphatic rings. The van der Waals surface area contributed by atoms with E-state index >= 15 is 0 Å². The van der Waals surface area contributed by atoms with E-state index in [1.165, 1.54) is 19.6 Å². The molecule has 1 saturated carbocycles. The molecule has 230 valence electrons. The van der Waals surface area contributed by atoms with Crippen LogP contribution in [0.15, 0.2) is 43.0 Å². The Labute approximate surface area is 246 Å². The van der Waals surface area contributed by atoms with Gasteiger partial charge in [0.15, 0.2) is 29.9 Å². The molecule has 3 fully saturated rings. The van der Waals surface area contributed by atoms with Crippen molar-refractivity contribution < 1.29 is 42.1 Å². The Bertz CT molecular complexity index is 1520. The van der Waals surface area contributed by atoms with Crippen molar-refractivity contribution in [3.05, 3.63) is 43.0 Å². The van der Waals surface area contributed by atoms with Crippen molar-refractivity contribution in [1.29, 1.82) is 0 Å². The summed E-state index contributed by atoms with van der Waals surface area (Å²) in [6.07, 6.45) is 1.63. The van der Waals surface area contributed by atoms with Crippen molar-refractivity contribution in [1.82, 2.24) is 24.6 Å². The molecule has 0 amide bonds. The summed E-state index contributed by atoms with van der Waals surface area (Å²) in [6, 6.07) is 7.38. The highest BCUT2D eigenvalue weighted by atomic mass is 31.2. The van der Waals surface area contributed by atoms with Gasteiger partial charge in [-0.1, -0.05) is 24.6 Å². The molecule has 3 aromatic rings. The van der Waals surface area contributed by atoms with Crippen LogP contribution < -0.4 is 15.3 Å². The number of anilines is 1. The number of hydrogen-bond acceptors (Lipinski definition) is 13. The Kier molecular flexibility index (Phi) is 8.23. The Balaban J connectivity index is 1.22. The third kappa shape index (κ3) is 6.16. The second-order valence-electron chi connectivity index (χ2n) is 10.7. The van der Waals surface area contributed by atoms with Gasteiger partial charge in [-0.05, 0) is 51.7 Å². The Morgan fingerprint density at radius 3 is 2.60 bits per heavy atom. The van der Waals surface area contributed by atoms with Gasteiger partial charge in [0.25, 0.3) is 0 Å². The summed E-state index contributed by atoms with van der Waals surface area (Å²) in [6.45, 7) is 3.12. The van der Waals surface area contributed by atoms with Crippen LogP contribution in [-0.4, -0.2) is 68.2 Å². The third-order valence-corrected chi connectivity index (χ3v) is 9.39. The van der Waals surface area contributed by atoms with Crippen LogP contribution in [0.3, 0.4) is 0 Å². The van der Waals surface area contributed by atoms with Gasteiger partial charge in [-0.15, -0.1) is 0 Å². The van der Waals surface area contributed by atoms with E-state index in [9.17, 15) is 14.2 Å². The highest BCUT2D eigenvalue weighted by molar-refractivity contribution is 7.52. The number of carbonyl (C=O) groups is 2. The maximum atomic E-state index is 14.2. The van der Waals surface area contributed by atoms with Gasteiger partial charge in [-0.25, -0.2) is 24.3 Å². The number of nitrogens with zero attached hydrogens (tertiary/aromatic N) is 4. The van der Waals surface area contributed by atoms with Gasteiger partial charge < -0.3 is 29.2 Å². The topological polar surface area (TPSA) is 188 Å². The van der Waals surface area contributed by atoms with Crippen LogP contribution in [0.1, 0.15) is 52.2 Å². The summed E-state index contributed by atoms with van der Waals surface area (Å²) in [5.41, 5.74) is 6.64. The summed E-state index contributed by atoms with van der Waals surface area (Å²) in [7, 11) is -4.26. The lowest BCUT2D eigenvalue weighted by atomic mass is 9.98. The smallest absolute Gasteiger partial charge is 0.461 e. The van der Waals surface area contributed by atoms with E-state index in [1.54, 1.807) is 41.8 Å². The number of ether oxygens (including phenoxy) is 4. The average Bonchev–Trinajstić information content (AvgIpc) is 3.67. The average molecular weight is 617 g/mol. The third-order valence-electron chi connectivity index (χ3n) is 7.63. The second-order valence-corrected chi connectivity index (χ2v) is 12.4. The molecule has 6 rings (SSSR count). The number of benzene rings is 1. The SMILES string of the molecule is CC(NP(=O)(Oc1ccccc1)OC(C)[C@H]1O[C@@H](n2cnc3c(N)ncnc32)[C@@H]2OC(=O)O[C@@H]21)C(=O)OC1CCCCC1. The van der Waals surface area contributed by atoms with E-state index < -0.39 is 56.6 Å². The van der Waals surface area contributed by atoms with Crippen molar-refractivity contribution in [2.24, 2.45) is 0 Å². The first-order valence-electron chi connectivity index (χ1n) is 14.2. The predicted molar refractivity (Wildman–Crippen MR) is 150 cm³/mol. The zero-order valence-electron chi connectivity index (χ0n) is 23.6. The molecule has 4 heterocycles. The molecule has 2 saturated heterocycles. The quantitative estimate of drug-likeness (QED) is 0.248. The van der Waals surface area contributed by atoms with Crippen molar-refractivity contribution in [3.63, 3.8) is 0 Å². The minimum Gasteiger partial charge on any atom is -0.461 e. The van der Waals surface area contributed by atoms with Gasteiger partial charge in [0.1, 0.15) is 35.8 Å². The maximum Gasteiger partial charge on any atom is 0.509 e. The molecule has 2 aliphatic heterocycles. The largest absolute Gasteiger partial charge is 0.509 e. The monoisotopic (exact) mass is 616 g/mol. The minimum absolute atomic E-state index is 0.174. The number of aromatic nitrogens is 4. The van der Waals surface area contributed by atoms with Crippen molar-refractivity contribution in [3.8, 4) is 5.75 Å². The summed E-state index contributed by atoms with van der Waals surface area (Å²) in [5, 5.41) is 2.72. The molecule has 2 aromatic heterocycles. The van der Waals surface area contributed by atoms with E-state index in [4.69, 9.17) is 33.7 Å². The fourth-order valence-corrected chi connectivity index (χ4v) is 7.24. The number of rotatable bonds is 10. The van der Waals surface area contributed by atoms with E-state index in [-0.39, 0.29) is 17.7 Å². The molecular formula is C27H33N6O9P. The first-order chi connectivity index (χ1) is 20.7. The number of fused-ring (bicyclic) bond motifs is 2. The highest BCUT2D eigenvalue weighted by Crippen LogP contribution is 2.49. The summed E-state index contributed by atoms with van der Waals surface area (Å²) >= 11 is 0. The standard InChI is InChI=1S/C27H33N6O9P/c1-15(26(34)37-17-9-5-3-6-10-17)32-43(36,42-18-11-7-4-8-12-18)41-16(2)20-21-22(40-27(35)39-21)25(38-20)33-14-31-19-23(28)29-13-30-24(19)33/h4,7-8,11-17,20-22,25H,3,5-6,9-10H2,1-2H3,(H,32,36)(H2,28,29,30)/t15?,16?,20-,21-,22-,25-,43?/m1/s1. The van der Waals surface area contributed by atoms with Crippen LogP contribution in [0.5, 0.6) is 5.75 Å². The van der Waals surface area contributed by atoms with Crippen molar-refractivity contribution >= 4 is 36.9 Å². The number of carbonyl (C=O) groups excluding carboxylic acids is 2. The number of esters is 1. The molecule has 3 unspecified atom stereocenters. The van der Waals surface area contributed by atoms with Crippen LogP contribution >= 0.6 is 7.75 Å². The van der Waals surface area contributed by atoms with Gasteiger partial charge in [-0.2, -0.15) is 5.09 Å². The van der Waals surface area contributed by atoms with Gasteiger partial charge in [0, 0.05) is 0 Å². The van der Waals surface area contributed by atoms with E-state index in [2.05, 4.69) is 20.0 Å². The van der Waals surface area contributed by atoms with Crippen LogP contribution in [-0.2, 0) is 32.8 Å². The van der Waals surface area contributed by atoms with Crippen molar-refractivity contribution in [2.75, 3.05) is 5.73 Å². The van der Waals surface area contributed by atoms with Crippen molar-refractivity contribution in [2.45, 2.75) is 88.7 Å². The molecule has 1 aliphatic carbocycles. The first-order valence-corrected chi connectivity index (χ1v) is 15.7. The molecule has 1 aromatic carbocycles. The number of nitrogens with two attached hydrogens (primary N) is 1. The molecule has 0 bridgehead atoms. The number of imidazole rings is 1. The lowest BCUT2D eigenvalue weighted by Gasteiger charge is -2.29. The fraction of sp³-hybridized carbons (Fsp3) is 0.519. The number of hydrogen-bond donors (Lipinski definition) is 2. The molecule has 15 nitrogen and oxygen atoms in total. The lowest BCUT2D eigenvalue weighted by molar-refractivity contribution is -0.152. The molecule has 0 radical (unpaired) electrons. The molecule has 3 N–H and O–H groups in total. The number of para-hydroxylation sites is 1. The van der Waals surface area contributed by atoms with Crippen LogP contribution in [0.4, 0.5) is 10.6 Å². The van der Waals surface area contributed by atoms with Crippen LogP contribution in [0, 0.1) is 0 Å². The van der Waals surface area contributed by atoms with Crippen LogP contribution in [0.25, 0.3) is 11.2 Å². The van der Waals surface area contributed by atoms with Gasteiger partial charge in [0.05, 0.1) is 12.4 Å². The van der Waals surface area contributed by atoms with Gasteiger partial charge >= 0.3 is 19.9 Å². The normalized spacial score (nSPS) is 26.6. The molecular weight excluding hydrogens is 583 g/mol. The molecule has 16 heteroatoms. The second kappa shape index (κ2) is 12.1. The number of nitrogens with one attached hydrogen (secondary N) is 1. The lowest BCUT2D eigenvalue weighted by Crippen LogP contribution is -2.41. The van der Waals surface area contributed by atoms with E-state index in [0.29, 0.717) is 11.2 Å². The minimum atomic E-state index is -4.26. The van der Waals surface area contributed by atoms with Gasteiger partial charge in [-0.3, -0.25) is 13.9 Å². The van der Waals surface area contributed by atoms with Gasteiger partial charge in [0.2, 0.25) is 0 Å². The highest BCUT2D eigenvalue weighted by Gasteiger charge is 2.58. The summed E-state index contributed by atoms with van der Waals surface area (Å²) < 4.78 is 50.4. The zero-order chi connectivity index (χ0) is 30.1. The fourth-order valence-electron chi connectivity index (χ4n) is 5.55. The Morgan fingerprint density at radius 1 is 1.09 bits per heavy atom. The van der Waals surface area contributed by atoms with E-state index in [1.807, 2.05) is 0 Å². The first kappa shape index (κ1) is 29.3. The Hall–Kier alpha value is -3.78. The summed E-state index contributed by atoms with van der Waals surface area (Å²) in [4.78, 5) is 37.6. The maximum absolute atomic E-state index is 14.2. The Morgan fingerprint density at radius 2 is 1.84 bits per heavy atom. The molecule has 0 spiro atoms. The van der Waals surface area contributed by atoms with E-state index in [0.717, 1.165) is 32.1 Å². The summed E-state index contributed by atoms with van der Waals surface area (Å²) in [5.74, 6) is -0.143. The predicted octanol–water partition coefficient (Wildman–Crippen LogP) is 3.66. The zero-order valence-corrected chi connectivity index (χ0v) is 24.5. The van der Waals surface area contributed by atoms with Crippen LogP contribution in [0.2, 0.25) is 0 Å².